The second-order valence-electron chi connectivity index (χ2n) is 3.67. The Morgan fingerprint density at radius 3 is 3.13 bits per heavy atom. The largest absolute Gasteiger partial charge is 0.467 e. The zero-order valence-electron chi connectivity index (χ0n) is 9.10. The van der Waals surface area contributed by atoms with Crippen molar-refractivity contribution in [1.29, 1.82) is 5.26 Å². The Labute approximate surface area is 89.6 Å². The molecule has 0 aliphatic carbocycles. The van der Waals surface area contributed by atoms with Crippen molar-refractivity contribution >= 4 is 5.97 Å². The van der Waals surface area contributed by atoms with E-state index < -0.39 is 6.10 Å². The summed E-state index contributed by atoms with van der Waals surface area (Å²) in [5, 5.41) is 8.69. The van der Waals surface area contributed by atoms with Crippen molar-refractivity contribution < 1.29 is 14.3 Å². The minimum atomic E-state index is -0.505. The molecule has 5 nitrogen and oxygen atoms in total. The molecule has 1 rings (SSSR count). The zero-order valence-corrected chi connectivity index (χ0v) is 9.10. The van der Waals surface area contributed by atoms with E-state index in [4.69, 9.17) is 10.00 Å². The van der Waals surface area contributed by atoms with E-state index in [9.17, 15) is 4.79 Å². The first-order valence-corrected chi connectivity index (χ1v) is 4.98. The smallest absolute Gasteiger partial charge is 0.336 e. The van der Waals surface area contributed by atoms with Gasteiger partial charge in [-0.3, -0.25) is 4.90 Å². The fourth-order valence-electron chi connectivity index (χ4n) is 1.57. The van der Waals surface area contributed by atoms with Crippen LogP contribution < -0.4 is 0 Å². The molecule has 0 spiro atoms. The van der Waals surface area contributed by atoms with Gasteiger partial charge in [0.15, 0.2) is 6.10 Å². The predicted octanol–water partition coefficient (Wildman–Crippen LogP) is 0.0199. The quantitative estimate of drug-likeness (QED) is 0.617. The van der Waals surface area contributed by atoms with E-state index in [-0.39, 0.29) is 11.9 Å². The number of esters is 1. The summed E-state index contributed by atoms with van der Waals surface area (Å²) in [6.45, 7) is 4.33. The van der Waals surface area contributed by atoms with Gasteiger partial charge in [-0.2, -0.15) is 5.26 Å². The molecule has 0 N–H and O–H groups in total. The molecule has 0 amide bonds. The van der Waals surface area contributed by atoms with Gasteiger partial charge in [-0.1, -0.05) is 0 Å². The van der Waals surface area contributed by atoms with Crippen LogP contribution in [0.25, 0.3) is 0 Å². The Hall–Kier alpha value is -1.12. The first-order valence-electron chi connectivity index (χ1n) is 4.98. The van der Waals surface area contributed by atoms with Crippen LogP contribution in [0.15, 0.2) is 0 Å². The SMILES string of the molecule is COC(=O)C1CN(CC(C)C#N)CCO1. The maximum absolute atomic E-state index is 11.2. The van der Waals surface area contributed by atoms with Gasteiger partial charge in [-0.05, 0) is 6.92 Å². The van der Waals surface area contributed by atoms with Crippen LogP contribution in [-0.2, 0) is 14.3 Å². The van der Waals surface area contributed by atoms with Gasteiger partial charge >= 0.3 is 5.97 Å². The van der Waals surface area contributed by atoms with Gasteiger partial charge in [-0.15, -0.1) is 0 Å². The summed E-state index contributed by atoms with van der Waals surface area (Å²) >= 11 is 0. The molecule has 0 bridgehead atoms. The number of nitriles is 1. The zero-order chi connectivity index (χ0) is 11.3. The Balaban J connectivity index is 2.42. The molecule has 1 heterocycles. The van der Waals surface area contributed by atoms with Crippen LogP contribution in [0.4, 0.5) is 0 Å². The van der Waals surface area contributed by atoms with Gasteiger partial charge in [0.25, 0.3) is 0 Å². The summed E-state index contributed by atoms with van der Waals surface area (Å²) in [5.74, 6) is -0.370. The molecule has 0 aromatic rings. The molecule has 2 atom stereocenters. The monoisotopic (exact) mass is 212 g/mol. The molecule has 0 radical (unpaired) electrons. The summed E-state index contributed by atoms with van der Waals surface area (Å²) in [6, 6.07) is 2.17. The lowest BCUT2D eigenvalue weighted by molar-refractivity contribution is -0.159. The minimum Gasteiger partial charge on any atom is -0.467 e. The number of rotatable bonds is 3. The van der Waals surface area contributed by atoms with E-state index in [1.165, 1.54) is 7.11 Å². The molecule has 2 unspecified atom stereocenters. The predicted molar refractivity (Wildman–Crippen MR) is 53.0 cm³/mol. The molecule has 0 aromatic carbocycles. The molecule has 1 aliphatic heterocycles. The summed E-state index contributed by atoms with van der Waals surface area (Å²) in [5.41, 5.74) is 0. The Morgan fingerprint density at radius 2 is 2.53 bits per heavy atom. The normalized spacial score (nSPS) is 24.2. The lowest BCUT2D eigenvalue weighted by Gasteiger charge is -2.31. The summed E-state index contributed by atoms with van der Waals surface area (Å²) in [6.07, 6.45) is -0.505. The van der Waals surface area contributed by atoms with Gasteiger partial charge in [0.1, 0.15) is 0 Å². The highest BCUT2D eigenvalue weighted by Gasteiger charge is 2.27. The van der Waals surface area contributed by atoms with Gasteiger partial charge in [0.05, 0.1) is 25.7 Å². The lowest BCUT2D eigenvalue weighted by atomic mass is 10.1. The Morgan fingerprint density at radius 1 is 1.80 bits per heavy atom. The van der Waals surface area contributed by atoms with Crippen molar-refractivity contribution in [3.63, 3.8) is 0 Å². The highest BCUT2D eigenvalue weighted by Crippen LogP contribution is 2.08. The number of hydrogen-bond donors (Lipinski definition) is 0. The Kier molecular flexibility index (Phi) is 4.53. The molecule has 15 heavy (non-hydrogen) atoms. The van der Waals surface area contributed by atoms with Crippen LogP contribution >= 0.6 is 0 Å². The number of nitrogens with zero attached hydrogens (tertiary/aromatic N) is 2. The third-order valence-corrected chi connectivity index (χ3v) is 2.37. The van der Waals surface area contributed by atoms with E-state index in [1.54, 1.807) is 0 Å². The van der Waals surface area contributed by atoms with Gasteiger partial charge in [-0.25, -0.2) is 4.79 Å². The van der Waals surface area contributed by atoms with Crippen LogP contribution in [0.2, 0.25) is 0 Å². The highest BCUT2D eigenvalue weighted by atomic mass is 16.6. The fraction of sp³-hybridized carbons (Fsp3) is 0.800. The molecule has 1 fully saturated rings. The number of morpholine rings is 1. The van der Waals surface area contributed by atoms with Crippen LogP contribution in [0.5, 0.6) is 0 Å². The molecule has 0 aromatic heterocycles. The standard InChI is InChI=1S/C10H16N2O3/c1-8(5-11)6-12-3-4-15-9(7-12)10(13)14-2/h8-9H,3-4,6-7H2,1-2H3. The van der Waals surface area contributed by atoms with E-state index in [0.717, 1.165) is 6.54 Å². The molecule has 84 valence electrons. The van der Waals surface area contributed by atoms with Crippen LogP contribution in [0.3, 0.4) is 0 Å². The number of hydrogen-bond acceptors (Lipinski definition) is 5. The van der Waals surface area contributed by atoms with E-state index in [1.807, 2.05) is 6.92 Å². The third-order valence-electron chi connectivity index (χ3n) is 2.37. The van der Waals surface area contributed by atoms with Crippen LogP contribution in [-0.4, -0.2) is 50.3 Å². The van der Waals surface area contributed by atoms with Crippen LogP contribution in [0, 0.1) is 17.2 Å². The maximum Gasteiger partial charge on any atom is 0.336 e. The highest BCUT2D eigenvalue weighted by molar-refractivity contribution is 5.74. The number of carbonyl (C=O) groups excluding carboxylic acids is 1. The maximum atomic E-state index is 11.2. The summed E-state index contributed by atoms with van der Waals surface area (Å²) in [4.78, 5) is 13.3. The summed E-state index contributed by atoms with van der Waals surface area (Å²) in [7, 11) is 1.35. The molecule has 1 saturated heterocycles. The first kappa shape index (κ1) is 12.0. The lowest BCUT2D eigenvalue weighted by Crippen LogP contribution is -2.47. The van der Waals surface area contributed by atoms with Crippen molar-refractivity contribution in [2.45, 2.75) is 13.0 Å². The average Bonchev–Trinajstić information content (AvgIpc) is 2.28. The number of methoxy groups -OCH3 is 1. The van der Waals surface area contributed by atoms with E-state index >= 15 is 0 Å². The van der Waals surface area contributed by atoms with Gasteiger partial charge in [0, 0.05) is 19.6 Å². The fourth-order valence-corrected chi connectivity index (χ4v) is 1.57. The van der Waals surface area contributed by atoms with Crippen molar-refractivity contribution in [1.82, 2.24) is 4.90 Å². The number of carbonyl (C=O) groups is 1. The van der Waals surface area contributed by atoms with Crippen LogP contribution in [0.1, 0.15) is 6.92 Å². The van der Waals surface area contributed by atoms with Crippen molar-refractivity contribution in [2.24, 2.45) is 5.92 Å². The molecule has 0 saturated carbocycles. The van der Waals surface area contributed by atoms with Crippen molar-refractivity contribution in [3.8, 4) is 6.07 Å². The van der Waals surface area contributed by atoms with Crippen molar-refractivity contribution in [2.75, 3.05) is 33.4 Å². The van der Waals surface area contributed by atoms with Crippen molar-refractivity contribution in [3.05, 3.63) is 0 Å². The average molecular weight is 212 g/mol. The molecular weight excluding hydrogens is 196 g/mol. The minimum absolute atomic E-state index is 0.0265. The molecular formula is C10H16N2O3. The third kappa shape index (κ3) is 3.50. The molecule has 1 aliphatic rings. The number of ether oxygens (including phenoxy) is 2. The van der Waals surface area contributed by atoms with Gasteiger partial charge < -0.3 is 9.47 Å². The second kappa shape index (κ2) is 5.69. The van der Waals surface area contributed by atoms with E-state index in [0.29, 0.717) is 19.7 Å². The first-order chi connectivity index (χ1) is 7.17. The topological polar surface area (TPSA) is 62.6 Å². The molecule has 5 heteroatoms. The summed E-state index contributed by atoms with van der Waals surface area (Å²) < 4.78 is 9.89. The van der Waals surface area contributed by atoms with E-state index in [2.05, 4.69) is 15.7 Å². The van der Waals surface area contributed by atoms with Gasteiger partial charge in [0.2, 0.25) is 0 Å². The second-order valence-corrected chi connectivity index (χ2v) is 3.67. The Bertz CT molecular complexity index is 262.